The number of nitrogens with two attached hydrogens (primary N) is 1. The summed E-state index contributed by atoms with van der Waals surface area (Å²) in [7, 11) is 0. The molecule has 0 saturated heterocycles. The van der Waals surface area contributed by atoms with Crippen molar-refractivity contribution in [2.24, 2.45) is 17.6 Å². The molecule has 0 aromatic rings. The highest BCUT2D eigenvalue weighted by Gasteiger charge is 2.22. The lowest BCUT2D eigenvalue weighted by Crippen LogP contribution is -2.36. The van der Waals surface area contributed by atoms with Gasteiger partial charge in [-0.2, -0.15) is 0 Å². The van der Waals surface area contributed by atoms with Crippen LogP contribution in [-0.4, -0.2) is 30.2 Å². The van der Waals surface area contributed by atoms with E-state index in [1.165, 1.54) is 0 Å². The maximum absolute atomic E-state index is 12.2. The van der Waals surface area contributed by atoms with Crippen LogP contribution < -0.4 is 5.73 Å². The van der Waals surface area contributed by atoms with Crippen LogP contribution >= 0.6 is 0 Å². The standard InChI is InChI=1S/C30H47NO4/c1-5-6-7-8-9-10-11-12-13-14-15-16-17-18-19-20-21-22-28(32)26(4)24-35-30(34)27(31)23-29(33)25(2)3/h6-7,9-10,12-13,15-16,18-19,25-27H,5,8,11,14,17,20-24,31H2,1-4H3/b7-6-,10-9-,13-12-,16-15-,19-18-/t26?,27-/m0/s1. The Balaban J connectivity index is 3.87. The quantitative estimate of drug-likeness (QED) is 0.119. The first-order valence-electron chi connectivity index (χ1n) is 13.0. The second-order valence-electron chi connectivity index (χ2n) is 9.03. The van der Waals surface area contributed by atoms with Gasteiger partial charge in [0.25, 0.3) is 0 Å². The minimum atomic E-state index is -0.970. The van der Waals surface area contributed by atoms with E-state index >= 15 is 0 Å². The van der Waals surface area contributed by atoms with Crippen LogP contribution in [0.3, 0.4) is 0 Å². The highest BCUT2D eigenvalue weighted by Crippen LogP contribution is 2.09. The van der Waals surface area contributed by atoms with Crippen LogP contribution in [-0.2, 0) is 19.1 Å². The average Bonchev–Trinajstić information content (AvgIpc) is 2.83. The van der Waals surface area contributed by atoms with Gasteiger partial charge in [0.05, 0.1) is 0 Å². The Morgan fingerprint density at radius 2 is 1.23 bits per heavy atom. The van der Waals surface area contributed by atoms with Gasteiger partial charge in [-0.25, -0.2) is 0 Å². The van der Waals surface area contributed by atoms with Crippen molar-refractivity contribution < 1.29 is 19.1 Å². The Hall–Kier alpha value is -2.53. The lowest BCUT2D eigenvalue weighted by molar-refractivity contribution is -0.148. The van der Waals surface area contributed by atoms with Crippen molar-refractivity contribution in [2.75, 3.05) is 6.61 Å². The smallest absolute Gasteiger partial charge is 0.323 e. The van der Waals surface area contributed by atoms with E-state index in [0.29, 0.717) is 6.42 Å². The summed E-state index contributed by atoms with van der Waals surface area (Å²) in [5.74, 6) is -1.18. The number of allylic oxidation sites excluding steroid dienone is 10. The number of rotatable bonds is 20. The maximum atomic E-state index is 12.2. The Kier molecular flexibility index (Phi) is 20.4. The Labute approximate surface area is 213 Å². The molecule has 0 rings (SSSR count). The van der Waals surface area contributed by atoms with Gasteiger partial charge < -0.3 is 10.5 Å². The minimum absolute atomic E-state index is 0.00288. The van der Waals surface area contributed by atoms with Crippen LogP contribution in [0.5, 0.6) is 0 Å². The summed E-state index contributed by atoms with van der Waals surface area (Å²) >= 11 is 0. The molecule has 0 amide bonds. The van der Waals surface area contributed by atoms with Crippen molar-refractivity contribution in [3.8, 4) is 0 Å². The fourth-order valence-corrected chi connectivity index (χ4v) is 2.95. The van der Waals surface area contributed by atoms with E-state index in [-0.39, 0.29) is 36.4 Å². The minimum Gasteiger partial charge on any atom is -0.464 e. The van der Waals surface area contributed by atoms with E-state index in [2.05, 4.69) is 67.7 Å². The molecule has 0 aromatic heterocycles. The monoisotopic (exact) mass is 485 g/mol. The molecule has 196 valence electrons. The molecule has 0 fully saturated rings. The molecule has 0 radical (unpaired) electrons. The van der Waals surface area contributed by atoms with Gasteiger partial charge in [0, 0.05) is 24.7 Å². The van der Waals surface area contributed by atoms with Gasteiger partial charge in [-0.15, -0.1) is 0 Å². The molecule has 5 heteroatoms. The third-order valence-corrected chi connectivity index (χ3v) is 5.34. The van der Waals surface area contributed by atoms with Crippen LogP contribution in [0.4, 0.5) is 0 Å². The molecule has 0 aromatic carbocycles. The number of esters is 1. The first kappa shape index (κ1) is 32.5. The fraction of sp³-hybridized carbons (Fsp3) is 0.567. The SMILES string of the molecule is CC/C=C\C/C=C\C/C=C\C/C=C\C/C=C\CCCC(=O)C(C)COC(=O)[C@@H](N)CC(=O)C(C)C. The number of unbranched alkanes of at least 4 members (excludes halogenated alkanes) is 1. The molecule has 0 bridgehead atoms. The Morgan fingerprint density at radius 3 is 1.71 bits per heavy atom. The van der Waals surface area contributed by atoms with Crippen LogP contribution in [0.15, 0.2) is 60.8 Å². The molecule has 0 aliphatic heterocycles. The summed E-state index contributed by atoms with van der Waals surface area (Å²) < 4.78 is 5.14. The predicted molar refractivity (Wildman–Crippen MR) is 146 cm³/mol. The number of carbonyl (C=O) groups excluding carboxylic acids is 3. The number of hydrogen-bond acceptors (Lipinski definition) is 5. The number of ether oxygens (including phenoxy) is 1. The molecular weight excluding hydrogens is 438 g/mol. The van der Waals surface area contributed by atoms with Crippen molar-refractivity contribution in [3.63, 3.8) is 0 Å². The zero-order valence-electron chi connectivity index (χ0n) is 22.3. The van der Waals surface area contributed by atoms with Crippen molar-refractivity contribution in [1.29, 1.82) is 0 Å². The van der Waals surface area contributed by atoms with E-state index < -0.39 is 12.0 Å². The lowest BCUT2D eigenvalue weighted by atomic mass is 10.0. The van der Waals surface area contributed by atoms with E-state index in [1.54, 1.807) is 20.8 Å². The normalized spacial score (nSPS) is 14.2. The predicted octanol–water partition coefficient (Wildman–Crippen LogP) is 6.60. The van der Waals surface area contributed by atoms with Gasteiger partial charge in [-0.1, -0.05) is 88.5 Å². The van der Waals surface area contributed by atoms with E-state index in [9.17, 15) is 14.4 Å². The largest absolute Gasteiger partial charge is 0.464 e. The lowest BCUT2D eigenvalue weighted by Gasteiger charge is -2.15. The number of hydrogen-bond donors (Lipinski definition) is 1. The van der Waals surface area contributed by atoms with Gasteiger partial charge in [0.15, 0.2) is 0 Å². The maximum Gasteiger partial charge on any atom is 0.323 e. The summed E-state index contributed by atoms with van der Waals surface area (Å²) in [4.78, 5) is 35.8. The number of Topliss-reactive ketones (excluding diaryl/α,β-unsaturated/α-hetero) is 2. The molecule has 0 spiro atoms. The molecule has 0 aliphatic rings. The number of ketones is 2. The molecule has 2 N–H and O–H groups in total. The van der Waals surface area contributed by atoms with Crippen LogP contribution in [0.2, 0.25) is 0 Å². The summed E-state index contributed by atoms with van der Waals surface area (Å²) in [6, 6.07) is -0.970. The zero-order chi connectivity index (χ0) is 26.3. The fourth-order valence-electron chi connectivity index (χ4n) is 2.95. The summed E-state index contributed by atoms with van der Waals surface area (Å²) in [5.41, 5.74) is 5.72. The van der Waals surface area contributed by atoms with Gasteiger partial charge >= 0.3 is 5.97 Å². The number of carbonyl (C=O) groups is 3. The molecule has 2 atom stereocenters. The van der Waals surface area contributed by atoms with Gasteiger partial charge in [-0.3, -0.25) is 14.4 Å². The third-order valence-electron chi connectivity index (χ3n) is 5.34. The van der Waals surface area contributed by atoms with E-state index in [1.807, 2.05) is 0 Å². The first-order valence-corrected chi connectivity index (χ1v) is 13.0. The van der Waals surface area contributed by atoms with E-state index in [0.717, 1.165) is 44.9 Å². The molecule has 0 heterocycles. The summed E-state index contributed by atoms with van der Waals surface area (Å²) in [5, 5.41) is 0. The third kappa shape index (κ3) is 19.5. The van der Waals surface area contributed by atoms with Crippen molar-refractivity contribution in [1.82, 2.24) is 0 Å². The Morgan fingerprint density at radius 1 is 0.743 bits per heavy atom. The van der Waals surface area contributed by atoms with Gasteiger partial charge in [-0.05, 0) is 44.9 Å². The molecular formula is C30H47NO4. The first-order chi connectivity index (χ1) is 16.8. The molecule has 5 nitrogen and oxygen atoms in total. The second-order valence-corrected chi connectivity index (χ2v) is 9.03. The zero-order valence-corrected chi connectivity index (χ0v) is 22.3. The van der Waals surface area contributed by atoms with Gasteiger partial charge in [0.1, 0.15) is 24.2 Å². The highest BCUT2D eigenvalue weighted by molar-refractivity contribution is 5.87. The summed E-state index contributed by atoms with van der Waals surface area (Å²) in [6.07, 6.45) is 28.5. The summed E-state index contributed by atoms with van der Waals surface area (Å²) in [6.45, 7) is 7.42. The molecule has 1 unspecified atom stereocenters. The van der Waals surface area contributed by atoms with Crippen LogP contribution in [0, 0.1) is 11.8 Å². The molecule has 35 heavy (non-hydrogen) atoms. The molecule has 0 saturated carbocycles. The van der Waals surface area contributed by atoms with Crippen molar-refractivity contribution >= 4 is 17.5 Å². The highest BCUT2D eigenvalue weighted by atomic mass is 16.5. The van der Waals surface area contributed by atoms with Gasteiger partial charge in [0.2, 0.25) is 0 Å². The Bertz CT molecular complexity index is 743. The topological polar surface area (TPSA) is 86.5 Å². The van der Waals surface area contributed by atoms with E-state index in [4.69, 9.17) is 10.5 Å². The second kappa shape index (κ2) is 22.0. The van der Waals surface area contributed by atoms with Crippen molar-refractivity contribution in [2.45, 2.75) is 91.5 Å². The van der Waals surface area contributed by atoms with Crippen molar-refractivity contribution in [3.05, 3.63) is 60.8 Å². The van der Waals surface area contributed by atoms with Crippen LogP contribution in [0.25, 0.3) is 0 Å². The average molecular weight is 486 g/mol. The molecule has 0 aliphatic carbocycles. The van der Waals surface area contributed by atoms with Crippen LogP contribution in [0.1, 0.15) is 85.5 Å².